The molecular weight excluding hydrogens is 583 g/mol. The number of fused-ring (bicyclic) bond motifs is 1. The van der Waals surface area contributed by atoms with Crippen molar-refractivity contribution in [1.29, 1.82) is 0 Å². The summed E-state index contributed by atoms with van der Waals surface area (Å²) in [6.45, 7) is 5.88. The Bertz CT molecular complexity index is 1490. The maximum absolute atomic E-state index is 14.7. The number of nitrogens with zero attached hydrogens (tertiary/aromatic N) is 3. The van der Waals surface area contributed by atoms with Gasteiger partial charge in [0.2, 0.25) is 5.91 Å². The zero-order chi connectivity index (χ0) is 31.9. The molecule has 46 heavy (non-hydrogen) atoms. The van der Waals surface area contributed by atoms with E-state index in [9.17, 15) is 14.0 Å². The van der Waals surface area contributed by atoms with Gasteiger partial charge in [0.15, 0.2) is 6.29 Å². The van der Waals surface area contributed by atoms with Gasteiger partial charge >= 0.3 is 0 Å². The standard InChI is InChI=1S/C37H47FN4O4/c1-26(27-11-4-2-5-12-27)39-37(44)35-30-23-29(38)16-17-32(30)40-36(28-13-6-3-7-14-28)31(35)24-41-19-20-42(33(43)25-41)18-10-22-46-34-15-8-9-21-45-34/h3,6-7,13-14,16-17,23,26-27,34H,2,4-5,8-12,15,18-22,24-25H2,1H3,(H,39,44)/t26-,34?/m0/s1. The number of carbonyl (C=O) groups is 2. The van der Waals surface area contributed by atoms with Gasteiger partial charge in [0, 0.05) is 55.3 Å². The van der Waals surface area contributed by atoms with E-state index < -0.39 is 5.82 Å². The minimum absolute atomic E-state index is 0.00335. The third-order valence-electron chi connectivity index (χ3n) is 9.83. The second-order valence-electron chi connectivity index (χ2n) is 13.1. The molecule has 1 unspecified atom stereocenters. The van der Waals surface area contributed by atoms with Crippen molar-refractivity contribution in [2.45, 2.75) is 83.6 Å². The van der Waals surface area contributed by atoms with Crippen LogP contribution in [0.25, 0.3) is 22.2 Å². The predicted molar refractivity (Wildman–Crippen MR) is 177 cm³/mol. The Kier molecular flexibility index (Phi) is 10.9. The summed E-state index contributed by atoms with van der Waals surface area (Å²) in [4.78, 5) is 36.6. The topological polar surface area (TPSA) is 84.0 Å². The molecule has 3 aromatic rings. The van der Waals surface area contributed by atoms with Gasteiger partial charge < -0.3 is 19.7 Å². The van der Waals surface area contributed by atoms with Gasteiger partial charge in [-0.2, -0.15) is 0 Å². The number of ether oxygens (including phenoxy) is 2. The zero-order valence-corrected chi connectivity index (χ0v) is 27.0. The maximum Gasteiger partial charge on any atom is 0.252 e. The van der Waals surface area contributed by atoms with E-state index in [1.807, 2.05) is 35.2 Å². The van der Waals surface area contributed by atoms with Crippen LogP contribution >= 0.6 is 0 Å². The molecule has 2 aromatic carbocycles. The van der Waals surface area contributed by atoms with Crippen LogP contribution in [0, 0.1) is 11.7 Å². The summed E-state index contributed by atoms with van der Waals surface area (Å²) < 4.78 is 26.3. The molecule has 3 aliphatic rings. The lowest BCUT2D eigenvalue weighted by Crippen LogP contribution is -2.50. The van der Waals surface area contributed by atoms with Crippen molar-refractivity contribution in [3.8, 4) is 11.3 Å². The van der Waals surface area contributed by atoms with Crippen molar-refractivity contribution >= 4 is 22.7 Å². The summed E-state index contributed by atoms with van der Waals surface area (Å²) in [7, 11) is 0. The van der Waals surface area contributed by atoms with Gasteiger partial charge in [-0.25, -0.2) is 9.37 Å². The van der Waals surface area contributed by atoms with E-state index in [0.29, 0.717) is 60.9 Å². The summed E-state index contributed by atoms with van der Waals surface area (Å²) >= 11 is 0. The van der Waals surface area contributed by atoms with Crippen molar-refractivity contribution < 1.29 is 23.5 Å². The van der Waals surface area contributed by atoms with Crippen molar-refractivity contribution in [3.05, 3.63) is 65.5 Å². The molecule has 1 N–H and O–H groups in total. The second kappa shape index (κ2) is 15.5. The summed E-state index contributed by atoms with van der Waals surface area (Å²) in [5.74, 6) is -0.149. The molecule has 8 nitrogen and oxygen atoms in total. The monoisotopic (exact) mass is 630 g/mol. The second-order valence-corrected chi connectivity index (χ2v) is 13.1. The molecule has 246 valence electrons. The van der Waals surface area contributed by atoms with E-state index in [-0.39, 0.29) is 30.7 Å². The van der Waals surface area contributed by atoms with Gasteiger partial charge in [0.1, 0.15) is 5.82 Å². The molecule has 2 aliphatic heterocycles. The van der Waals surface area contributed by atoms with Crippen molar-refractivity contribution in [2.24, 2.45) is 5.92 Å². The number of amides is 2. The minimum atomic E-state index is -0.412. The van der Waals surface area contributed by atoms with Gasteiger partial charge in [0.05, 0.1) is 29.9 Å². The highest BCUT2D eigenvalue weighted by molar-refractivity contribution is 6.09. The number of nitrogens with one attached hydrogen (secondary N) is 1. The fourth-order valence-electron chi connectivity index (χ4n) is 7.22. The zero-order valence-electron chi connectivity index (χ0n) is 27.0. The fraction of sp³-hybridized carbons (Fsp3) is 0.541. The molecule has 1 saturated carbocycles. The highest BCUT2D eigenvalue weighted by Gasteiger charge is 2.30. The van der Waals surface area contributed by atoms with Crippen molar-refractivity contribution in [2.75, 3.05) is 39.4 Å². The molecule has 2 atom stereocenters. The van der Waals surface area contributed by atoms with Gasteiger partial charge in [-0.3, -0.25) is 14.5 Å². The lowest BCUT2D eigenvalue weighted by Gasteiger charge is -2.35. The van der Waals surface area contributed by atoms with Gasteiger partial charge in [-0.05, 0) is 69.6 Å². The normalized spacial score (nSPS) is 20.6. The summed E-state index contributed by atoms with van der Waals surface area (Å²) in [5, 5.41) is 3.79. The van der Waals surface area contributed by atoms with E-state index in [2.05, 4.69) is 17.1 Å². The number of piperazine rings is 1. The van der Waals surface area contributed by atoms with Crippen LogP contribution < -0.4 is 5.32 Å². The lowest BCUT2D eigenvalue weighted by molar-refractivity contribution is -0.163. The molecule has 9 heteroatoms. The molecule has 0 radical (unpaired) electrons. The lowest BCUT2D eigenvalue weighted by atomic mass is 9.84. The Hall–Kier alpha value is -3.40. The van der Waals surface area contributed by atoms with Gasteiger partial charge in [-0.15, -0.1) is 0 Å². The summed E-state index contributed by atoms with van der Waals surface area (Å²) in [6, 6.07) is 14.3. The maximum atomic E-state index is 14.7. The van der Waals surface area contributed by atoms with Crippen LogP contribution in [0.15, 0.2) is 48.5 Å². The number of halogens is 1. The van der Waals surface area contributed by atoms with E-state index in [0.717, 1.165) is 56.3 Å². The largest absolute Gasteiger partial charge is 0.353 e. The Morgan fingerprint density at radius 2 is 1.87 bits per heavy atom. The smallest absolute Gasteiger partial charge is 0.252 e. The van der Waals surface area contributed by atoms with Gasteiger partial charge in [0.25, 0.3) is 5.91 Å². The number of hydrogen-bond donors (Lipinski definition) is 1. The third kappa shape index (κ3) is 7.93. The van der Waals surface area contributed by atoms with E-state index in [1.165, 1.54) is 31.4 Å². The van der Waals surface area contributed by atoms with E-state index in [1.54, 1.807) is 6.07 Å². The van der Waals surface area contributed by atoms with Gasteiger partial charge in [-0.1, -0.05) is 49.6 Å². The molecule has 3 fully saturated rings. The molecule has 3 heterocycles. The Balaban J connectivity index is 1.24. The number of carbonyl (C=O) groups excluding carboxylic acids is 2. The Morgan fingerprint density at radius 1 is 1.07 bits per heavy atom. The number of pyridine rings is 1. The summed E-state index contributed by atoms with van der Waals surface area (Å²) in [6.07, 6.45) is 9.58. The van der Waals surface area contributed by atoms with Crippen LogP contribution in [0.5, 0.6) is 0 Å². The number of aromatic nitrogens is 1. The molecule has 0 spiro atoms. The molecule has 1 aliphatic carbocycles. The predicted octanol–water partition coefficient (Wildman–Crippen LogP) is 6.32. The first-order valence-electron chi connectivity index (χ1n) is 17.2. The summed E-state index contributed by atoms with van der Waals surface area (Å²) in [5.41, 5.74) is 3.31. The van der Waals surface area contributed by atoms with Crippen molar-refractivity contribution in [1.82, 2.24) is 20.1 Å². The SMILES string of the molecule is C[C@H](NC(=O)c1c(CN2CCN(CCCOC3CCCCO3)C(=O)C2)c(-c2ccccc2)nc2ccc(F)cc12)C1CCCCC1. The average Bonchev–Trinajstić information content (AvgIpc) is 3.08. The van der Waals surface area contributed by atoms with Crippen LogP contribution in [0.3, 0.4) is 0 Å². The molecule has 2 amide bonds. The third-order valence-corrected chi connectivity index (χ3v) is 9.83. The van der Waals surface area contributed by atoms with E-state index in [4.69, 9.17) is 14.5 Å². The van der Waals surface area contributed by atoms with Crippen LogP contribution in [0.2, 0.25) is 0 Å². The van der Waals surface area contributed by atoms with Crippen LogP contribution in [-0.4, -0.2) is 78.3 Å². The number of rotatable bonds is 11. The van der Waals surface area contributed by atoms with Crippen LogP contribution in [-0.2, 0) is 20.8 Å². The first-order chi connectivity index (χ1) is 22.5. The highest BCUT2D eigenvalue weighted by atomic mass is 19.1. The Morgan fingerprint density at radius 3 is 2.63 bits per heavy atom. The van der Waals surface area contributed by atoms with Crippen LogP contribution in [0.1, 0.15) is 80.6 Å². The quantitative estimate of drug-likeness (QED) is 0.250. The highest BCUT2D eigenvalue weighted by Crippen LogP contribution is 2.33. The first-order valence-corrected chi connectivity index (χ1v) is 17.2. The number of hydrogen-bond acceptors (Lipinski definition) is 6. The fourth-order valence-corrected chi connectivity index (χ4v) is 7.22. The molecular formula is C37H47FN4O4. The van der Waals surface area contributed by atoms with Crippen molar-refractivity contribution in [3.63, 3.8) is 0 Å². The minimum Gasteiger partial charge on any atom is -0.353 e. The molecule has 1 aromatic heterocycles. The molecule has 0 bridgehead atoms. The van der Waals surface area contributed by atoms with Crippen LogP contribution in [0.4, 0.5) is 4.39 Å². The Labute approximate surface area is 271 Å². The average molecular weight is 631 g/mol. The van der Waals surface area contributed by atoms with E-state index >= 15 is 0 Å². The molecule has 2 saturated heterocycles. The number of benzene rings is 2. The first kappa shape index (κ1) is 32.5. The molecule has 6 rings (SSSR count).